The van der Waals surface area contributed by atoms with E-state index >= 15 is 0 Å². The van der Waals surface area contributed by atoms with Crippen molar-refractivity contribution in [2.24, 2.45) is 5.73 Å². The molecule has 0 spiro atoms. The van der Waals surface area contributed by atoms with Crippen molar-refractivity contribution < 1.29 is 0 Å². The first-order chi connectivity index (χ1) is 6.27. The van der Waals surface area contributed by atoms with Crippen LogP contribution in [-0.2, 0) is 0 Å². The van der Waals surface area contributed by atoms with Crippen LogP contribution in [0.15, 0.2) is 17.5 Å². The third-order valence-corrected chi connectivity index (χ3v) is 3.43. The summed E-state index contributed by atoms with van der Waals surface area (Å²) in [6.07, 6.45) is 0. The quantitative estimate of drug-likeness (QED) is 0.863. The van der Waals surface area contributed by atoms with Crippen LogP contribution in [0.1, 0.15) is 16.6 Å². The molecule has 3 nitrogen and oxygen atoms in total. The van der Waals surface area contributed by atoms with Crippen molar-refractivity contribution in [3.63, 3.8) is 0 Å². The Labute approximate surface area is 88.3 Å². The first-order valence-corrected chi connectivity index (χ1v) is 5.58. The van der Waals surface area contributed by atoms with E-state index in [2.05, 4.69) is 9.59 Å². The molecule has 13 heavy (non-hydrogen) atoms. The Morgan fingerprint density at radius 1 is 1.46 bits per heavy atom. The Morgan fingerprint density at radius 3 is 2.85 bits per heavy atom. The van der Waals surface area contributed by atoms with Gasteiger partial charge in [-0.3, -0.25) is 0 Å². The van der Waals surface area contributed by atoms with Crippen LogP contribution in [0, 0.1) is 0 Å². The summed E-state index contributed by atoms with van der Waals surface area (Å²) < 4.78 is 4.50. The van der Waals surface area contributed by atoms with Gasteiger partial charge < -0.3 is 5.73 Å². The monoisotopic (exact) mass is 231 g/mol. The van der Waals surface area contributed by atoms with Crippen LogP contribution in [0.2, 0.25) is 4.34 Å². The van der Waals surface area contributed by atoms with E-state index in [1.807, 2.05) is 17.5 Å². The summed E-state index contributed by atoms with van der Waals surface area (Å²) in [4.78, 5) is 1.01. The molecule has 0 amide bonds. The van der Waals surface area contributed by atoms with E-state index in [1.165, 1.54) is 22.9 Å². The number of hydrogen-bond donors (Lipinski definition) is 1. The Bertz CT molecular complexity index is 384. The van der Waals surface area contributed by atoms with E-state index in [9.17, 15) is 0 Å². The predicted molar refractivity (Wildman–Crippen MR) is 55.3 cm³/mol. The molecule has 0 aliphatic rings. The minimum absolute atomic E-state index is 0.198. The van der Waals surface area contributed by atoms with Gasteiger partial charge in [0.15, 0.2) is 0 Å². The Morgan fingerprint density at radius 2 is 2.31 bits per heavy atom. The van der Waals surface area contributed by atoms with Gasteiger partial charge in [-0.25, -0.2) is 0 Å². The zero-order chi connectivity index (χ0) is 9.26. The van der Waals surface area contributed by atoms with E-state index in [4.69, 9.17) is 17.3 Å². The zero-order valence-electron chi connectivity index (χ0n) is 6.48. The highest BCUT2D eigenvalue weighted by Crippen LogP contribution is 2.28. The van der Waals surface area contributed by atoms with Crippen LogP contribution in [0.25, 0.3) is 0 Å². The number of thiophene rings is 1. The summed E-state index contributed by atoms with van der Waals surface area (Å²) in [5.41, 5.74) is 6.72. The predicted octanol–water partition coefficient (Wildman–Crippen LogP) is 2.30. The molecule has 2 aromatic rings. The third-order valence-electron chi connectivity index (χ3n) is 1.60. The molecule has 1 atom stereocenters. The molecule has 2 rings (SSSR count). The molecule has 0 bridgehead atoms. The van der Waals surface area contributed by atoms with Crippen molar-refractivity contribution in [1.82, 2.24) is 9.59 Å². The van der Waals surface area contributed by atoms with Gasteiger partial charge in [0.25, 0.3) is 0 Å². The number of aromatic nitrogens is 2. The van der Waals surface area contributed by atoms with Crippen molar-refractivity contribution in [2.75, 3.05) is 0 Å². The molecule has 0 aliphatic carbocycles. The highest BCUT2D eigenvalue weighted by molar-refractivity contribution is 7.16. The molecule has 0 saturated heterocycles. The maximum absolute atomic E-state index is 5.93. The number of nitrogens with zero attached hydrogens (tertiary/aromatic N) is 2. The SMILES string of the molecule is NC(c1csnn1)c1ccc(Cl)s1. The molecule has 2 N–H and O–H groups in total. The van der Waals surface area contributed by atoms with E-state index in [1.54, 1.807) is 0 Å². The Hall–Kier alpha value is -0.490. The lowest BCUT2D eigenvalue weighted by atomic mass is 10.2. The number of halogens is 1. The second kappa shape index (κ2) is 3.71. The molecule has 6 heteroatoms. The molecule has 0 radical (unpaired) electrons. The maximum atomic E-state index is 5.93. The molecule has 2 aromatic heterocycles. The number of nitrogens with two attached hydrogens (primary N) is 1. The van der Waals surface area contributed by atoms with E-state index in [-0.39, 0.29) is 6.04 Å². The summed E-state index contributed by atoms with van der Waals surface area (Å²) in [6, 6.07) is 3.55. The summed E-state index contributed by atoms with van der Waals surface area (Å²) in [6.45, 7) is 0. The summed E-state index contributed by atoms with van der Waals surface area (Å²) in [7, 11) is 0. The fourth-order valence-electron chi connectivity index (χ4n) is 0.949. The third kappa shape index (κ3) is 1.88. The minimum Gasteiger partial charge on any atom is -0.318 e. The lowest BCUT2D eigenvalue weighted by molar-refractivity contribution is 0.834. The lowest BCUT2D eigenvalue weighted by Crippen LogP contribution is -2.10. The molecule has 1 unspecified atom stereocenters. The molecule has 0 aromatic carbocycles. The van der Waals surface area contributed by atoms with Crippen molar-refractivity contribution in [3.05, 3.63) is 32.4 Å². The summed E-state index contributed by atoms with van der Waals surface area (Å²) in [5.74, 6) is 0. The minimum atomic E-state index is -0.198. The van der Waals surface area contributed by atoms with Crippen LogP contribution >= 0.6 is 34.5 Å². The maximum Gasteiger partial charge on any atom is 0.0976 e. The second-order valence-electron chi connectivity index (χ2n) is 2.45. The van der Waals surface area contributed by atoms with Gasteiger partial charge in [-0.1, -0.05) is 16.1 Å². The molecular formula is C7H6ClN3S2. The van der Waals surface area contributed by atoms with Gasteiger partial charge in [0.05, 0.1) is 16.1 Å². The van der Waals surface area contributed by atoms with Crippen LogP contribution in [-0.4, -0.2) is 9.59 Å². The van der Waals surface area contributed by atoms with E-state index in [0.29, 0.717) is 0 Å². The van der Waals surface area contributed by atoms with E-state index < -0.39 is 0 Å². The second-order valence-corrected chi connectivity index (χ2v) is 4.81. The van der Waals surface area contributed by atoms with Crippen molar-refractivity contribution >= 4 is 34.5 Å². The fourth-order valence-corrected chi connectivity index (χ4v) is 2.51. The normalized spacial score (nSPS) is 13.1. The molecule has 0 saturated carbocycles. The number of rotatable bonds is 2. The van der Waals surface area contributed by atoms with Crippen LogP contribution in [0.5, 0.6) is 0 Å². The van der Waals surface area contributed by atoms with Gasteiger partial charge in [-0.15, -0.1) is 16.4 Å². The van der Waals surface area contributed by atoms with Gasteiger partial charge in [0.2, 0.25) is 0 Å². The summed E-state index contributed by atoms with van der Waals surface area (Å²) in [5, 5.41) is 5.75. The first kappa shape index (κ1) is 9.08. The van der Waals surface area contributed by atoms with Gasteiger partial charge >= 0.3 is 0 Å². The largest absolute Gasteiger partial charge is 0.318 e. The van der Waals surface area contributed by atoms with Crippen LogP contribution < -0.4 is 5.73 Å². The highest BCUT2D eigenvalue weighted by Gasteiger charge is 2.13. The van der Waals surface area contributed by atoms with Crippen molar-refractivity contribution in [2.45, 2.75) is 6.04 Å². The molecular weight excluding hydrogens is 226 g/mol. The highest BCUT2D eigenvalue weighted by atomic mass is 35.5. The fraction of sp³-hybridized carbons (Fsp3) is 0.143. The van der Waals surface area contributed by atoms with Crippen molar-refractivity contribution in [3.8, 4) is 0 Å². The van der Waals surface area contributed by atoms with Gasteiger partial charge in [-0.2, -0.15) is 0 Å². The topological polar surface area (TPSA) is 51.8 Å². The molecule has 0 aliphatic heterocycles. The molecule has 68 valence electrons. The molecule has 2 heterocycles. The first-order valence-electron chi connectivity index (χ1n) is 3.55. The standard InChI is InChI=1S/C7H6ClN3S2/c8-6-2-1-5(13-6)7(9)4-3-12-11-10-4/h1-3,7H,9H2. The van der Waals surface area contributed by atoms with Gasteiger partial charge in [0.1, 0.15) is 0 Å². The lowest BCUT2D eigenvalue weighted by Gasteiger charge is -2.03. The van der Waals surface area contributed by atoms with Crippen LogP contribution in [0.4, 0.5) is 0 Å². The average molecular weight is 232 g/mol. The smallest absolute Gasteiger partial charge is 0.0976 e. The van der Waals surface area contributed by atoms with Gasteiger partial charge in [0, 0.05) is 10.3 Å². The Kier molecular flexibility index (Phi) is 2.59. The number of hydrogen-bond acceptors (Lipinski definition) is 5. The zero-order valence-corrected chi connectivity index (χ0v) is 8.86. The molecule has 0 fully saturated rings. The van der Waals surface area contributed by atoms with Gasteiger partial charge in [-0.05, 0) is 23.7 Å². The van der Waals surface area contributed by atoms with E-state index in [0.717, 1.165) is 14.9 Å². The van der Waals surface area contributed by atoms with Crippen molar-refractivity contribution in [1.29, 1.82) is 0 Å². The Balaban J connectivity index is 2.28. The summed E-state index contributed by atoms with van der Waals surface area (Å²) >= 11 is 8.57. The average Bonchev–Trinajstić information content (AvgIpc) is 2.72. The van der Waals surface area contributed by atoms with Crippen LogP contribution in [0.3, 0.4) is 0 Å².